The topological polar surface area (TPSA) is 54.7 Å². The first kappa shape index (κ1) is 10.1. The van der Waals surface area contributed by atoms with Crippen molar-refractivity contribution >= 4 is 5.82 Å². The zero-order valence-corrected chi connectivity index (χ0v) is 8.56. The van der Waals surface area contributed by atoms with Crippen LogP contribution in [0.3, 0.4) is 0 Å². The molecule has 74 valence electrons. The number of nitrogens with zero attached hydrogens (tertiary/aromatic N) is 1. The summed E-state index contributed by atoms with van der Waals surface area (Å²) in [6.45, 7) is 4.24. The molecular weight excluding hydrogens is 162 g/mol. The van der Waals surface area contributed by atoms with Crippen molar-refractivity contribution in [3.8, 4) is 0 Å². The largest absolute Gasteiger partial charge is 0.382 e. The first-order valence-electron chi connectivity index (χ1n) is 5.05. The number of nitrogens with one attached hydrogen (secondary N) is 1. The highest BCUT2D eigenvalue weighted by Gasteiger charge is 2.04. The van der Waals surface area contributed by atoms with Crippen LogP contribution in [0.15, 0.2) is 0 Å². The van der Waals surface area contributed by atoms with Gasteiger partial charge in [0.05, 0.1) is 0 Å². The van der Waals surface area contributed by atoms with Crippen LogP contribution in [-0.4, -0.2) is 10.2 Å². The van der Waals surface area contributed by atoms with Crippen molar-refractivity contribution in [3.63, 3.8) is 0 Å². The molecule has 0 saturated heterocycles. The van der Waals surface area contributed by atoms with Gasteiger partial charge in [0.15, 0.2) is 0 Å². The Morgan fingerprint density at radius 1 is 1.31 bits per heavy atom. The molecule has 0 fully saturated rings. The number of aryl methyl sites for hydroxylation is 1. The summed E-state index contributed by atoms with van der Waals surface area (Å²) < 4.78 is 0. The smallest absolute Gasteiger partial charge is 0.148 e. The third kappa shape index (κ3) is 2.76. The molecule has 1 aromatic rings. The third-order valence-corrected chi connectivity index (χ3v) is 2.43. The number of hydrogen-bond acceptors (Lipinski definition) is 2. The SMILES string of the molecule is CCCCCCc1[nH]nc(N)c1C. The van der Waals surface area contributed by atoms with E-state index < -0.39 is 0 Å². The van der Waals surface area contributed by atoms with Crippen LogP contribution in [-0.2, 0) is 6.42 Å². The number of anilines is 1. The minimum absolute atomic E-state index is 0.644. The van der Waals surface area contributed by atoms with E-state index in [0.717, 1.165) is 12.0 Å². The number of unbranched alkanes of at least 4 members (excludes halogenated alkanes) is 3. The summed E-state index contributed by atoms with van der Waals surface area (Å²) >= 11 is 0. The molecule has 3 heteroatoms. The molecule has 1 aromatic heterocycles. The van der Waals surface area contributed by atoms with E-state index in [2.05, 4.69) is 17.1 Å². The average molecular weight is 181 g/mol. The normalized spacial score (nSPS) is 10.6. The van der Waals surface area contributed by atoms with Gasteiger partial charge < -0.3 is 5.73 Å². The molecule has 0 saturated carbocycles. The van der Waals surface area contributed by atoms with E-state index in [4.69, 9.17) is 5.73 Å². The standard InChI is InChI=1S/C10H19N3/c1-3-4-5-6-7-9-8(2)10(11)13-12-9/h3-7H2,1-2H3,(H3,11,12,13). The zero-order valence-electron chi connectivity index (χ0n) is 8.56. The van der Waals surface area contributed by atoms with Gasteiger partial charge in [-0.3, -0.25) is 5.10 Å². The average Bonchev–Trinajstić information content (AvgIpc) is 2.43. The molecule has 0 aliphatic rings. The van der Waals surface area contributed by atoms with Crippen LogP contribution in [0.5, 0.6) is 0 Å². The Kier molecular flexibility index (Phi) is 3.80. The van der Waals surface area contributed by atoms with Crippen LogP contribution in [0.25, 0.3) is 0 Å². The number of nitrogens with two attached hydrogens (primary N) is 1. The molecule has 0 radical (unpaired) electrons. The Bertz CT molecular complexity index is 253. The number of aromatic amines is 1. The lowest BCUT2D eigenvalue weighted by atomic mass is 10.1. The Hall–Kier alpha value is -0.990. The van der Waals surface area contributed by atoms with Crippen molar-refractivity contribution in [1.29, 1.82) is 0 Å². The maximum atomic E-state index is 5.63. The Labute approximate surface area is 79.7 Å². The van der Waals surface area contributed by atoms with Crippen LogP contribution in [0.1, 0.15) is 43.9 Å². The summed E-state index contributed by atoms with van der Waals surface area (Å²) in [7, 11) is 0. The van der Waals surface area contributed by atoms with Crippen LogP contribution >= 0.6 is 0 Å². The van der Waals surface area contributed by atoms with E-state index in [-0.39, 0.29) is 0 Å². The lowest BCUT2D eigenvalue weighted by Crippen LogP contribution is -1.90. The van der Waals surface area contributed by atoms with Crippen molar-refractivity contribution in [2.45, 2.75) is 46.0 Å². The molecule has 0 amide bonds. The molecular formula is C10H19N3. The third-order valence-electron chi connectivity index (χ3n) is 2.43. The molecule has 0 atom stereocenters. The number of rotatable bonds is 5. The summed E-state index contributed by atoms with van der Waals surface area (Å²) in [6.07, 6.45) is 6.22. The molecule has 0 aliphatic heterocycles. The fraction of sp³-hybridized carbons (Fsp3) is 0.700. The predicted octanol–water partition coefficient (Wildman–Crippen LogP) is 2.42. The van der Waals surface area contributed by atoms with E-state index >= 15 is 0 Å². The van der Waals surface area contributed by atoms with Crippen molar-refractivity contribution in [1.82, 2.24) is 10.2 Å². The van der Waals surface area contributed by atoms with Crippen LogP contribution < -0.4 is 5.73 Å². The maximum Gasteiger partial charge on any atom is 0.148 e. The summed E-state index contributed by atoms with van der Waals surface area (Å²) in [5.41, 5.74) is 7.95. The molecule has 3 N–H and O–H groups in total. The molecule has 0 aliphatic carbocycles. The van der Waals surface area contributed by atoms with E-state index in [1.807, 2.05) is 6.92 Å². The molecule has 0 spiro atoms. The van der Waals surface area contributed by atoms with Gasteiger partial charge in [0.1, 0.15) is 5.82 Å². The maximum absolute atomic E-state index is 5.63. The monoisotopic (exact) mass is 181 g/mol. The molecule has 0 unspecified atom stereocenters. The highest BCUT2D eigenvalue weighted by molar-refractivity contribution is 5.40. The molecule has 1 rings (SSSR count). The van der Waals surface area contributed by atoms with E-state index in [0.29, 0.717) is 5.82 Å². The minimum Gasteiger partial charge on any atom is -0.382 e. The van der Waals surface area contributed by atoms with Crippen LogP contribution in [0.4, 0.5) is 5.82 Å². The molecule has 1 heterocycles. The van der Waals surface area contributed by atoms with Gasteiger partial charge in [-0.25, -0.2) is 0 Å². The van der Waals surface area contributed by atoms with Crippen LogP contribution in [0.2, 0.25) is 0 Å². The minimum atomic E-state index is 0.644. The second kappa shape index (κ2) is 4.90. The Balaban J connectivity index is 2.32. The van der Waals surface area contributed by atoms with Gasteiger partial charge in [0.2, 0.25) is 0 Å². The highest BCUT2D eigenvalue weighted by Crippen LogP contribution is 2.14. The molecule has 0 aromatic carbocycles. The number of nitrogen functional groups attached to an aromatic ring is 1. The van der Waals surface area contributed by atoms with Gasteiger partial charge in [-0.1, -0.05) is 26.2 Å². The van der Waals surface area contributed by atoms with Gasteiger partial charge in [0, 0.05) is 11.3 Å². The molecule has 13 heavy (non-hydrogen) atoms. The second-order valence-electron chi connectivity index (χ2n) is 3.52. The van der Waals surface area contributed by atoms with Crippen molar-refractivity contribution in [3.05, 3.63) is 11.3 Å². The quantitative estimate of drug-likeness (QED) is 0.685. The molecule has 0 bridgehead atoms. The summed E-state index contributed by atoms with van der Waals surface area (Å²) in [6, 6.07) is 0. The van der Waals surface area contributed by atoms with E-state index in [1.54, 1.807) is 0 Å². The first-order chi connectivity index (χ1) is 6.25. The van der Waals surface area contributed by atoms with E-state index in [9.17, 15) is 0 Å². The van der Waals surface area contributed by atoms with Gasteiger partial charge in [0.25, 0.3) is 0 Å². The van der Waals surface area contributed by atoms with Gasteiger partial charge in [-0.15, -0.1) is 0 Å². The fourth-order valence-corrected chi connectivity index (χ4v) is 1.42. The van der Waals surface area contributed by atoms with Crippen molar-refractivity contribution in [2.75, 3.05) is 5.73 Å². The second-order valence-corrected chi connectivity index (χ2v) is 3.52. The van der Waals surface area contributed by atoms with Crippen molar-refractivity contribution in [2.24, 2.45) is 0 Å². The van der Waals surface area contributed by atoms with E-state index in [1.165, 1.54) is 31.4 Å². The lowest BCUT2D eigenvalue weighted by molar-refractivity contribution is 0.658. The van der Waals surface area contributed by atoms with Gasteiger partial charge in [-0.05, 0) is 19.8 Å². The van der Waals surface area contributed by atoms with Gasteiger partial charge >= 0.3 is 0 Å². The number of hydrogen-bond donors (Lipinski definition) is 2. The Morgan fingerprint density at radius 2 is 2.08 bits per heavy atom. The van der Waals surface area contributed by atoms with Crippen LogP contribution in [0, 0.1) is 6.92 Å². The zero-order chi connectivity index (χ0) is 9.68. The van der Waals surface area contributed by atoms with Gasteiger partial charge in [-0.2, -0.15) is 5.10 Å². The lowest BCUT2D eigenvalue weighted by Gasteiger charge is -1.98. The predicted molar refractivity (Wildman–Crippen MR) is 55.6 cm³/mol. The summed E-state index contributed by atoms with van der Waals surface area (Å²) in [5, 5.41) is 6.94. The summed E-state index contributed by atoms with van der Waals surface area (Å²) in [4.78, 5) is 0. The first-order valence-corrected chi connectivity index (χ1v) is 5.05. The fourth-order valence-electron chi connectivity index (χ4n) is 1.42. The highest BCUT2D eigenvalue weighted by atomic mass is 15.2. The number of aromatic nitrogens is 2. The molecule has 3 nitrogen and oxygen atoms in total. The van der Waals surface area contributed by atoms with Crippen molar-refractivity contribution < 1.29 is 0 Å². The summed E-state index contributed by atoms with van der Waals surface area (Å²) in [5.74, 6) is 0.644. The Morgan fingerprint density at radius 3 is 2.62 bits per heavy atom. The number of H-pyrrole nitrogens is 1.